The zero-order chi connectivity index (χ0) is 11.8. The summed E-state index contributed by atoms with van der Waals surface area (Å²) in [6.45, 7) is 6.13. The highest BCUT2D eigenvalue weighted by Gasteiger charge is 2.47. The molecule has 4 nitrogen and oxygen atoms in total. The number of carbonyl (C=O) groups excluding carboxylic acids is 2. The minimum atomic E-state index is -0.875. The van der Waals surface area contributed by atoms with E-state index in [1.807, 2.05) is 13.8 Å². The maximum absolute atomic E-state index is 11.8. The first kappa shape index (κ1) is 12.5. The zero-order valence-electron chi connectivity index (χ0n) is 9.29. The van der Waals surface area contributed by atoms with Gasteiger partial charge in [-0.05, 0) is 19.3 Å². The summed E-state index contributed by atoms with van der Waals surface area (Å²) >= 11 is 3.29. The van der Waals surface area contributed by atoms with Gasteiger partial charge in [-0.3, -0.25) is 9.59 Å². The molecule has 1 aliphatic rings. The van der Waals surface area contributed by atoms with E-state index in [0.717, 1.165) is 6.42 Å². The fourth-order valence-corrected chi connectivity index (χ4v) is 2.29. The molecule has 1 aliphatic heterocycles. The molecule has 86 valence electrons. The van der Waals surface area contributed by atoms with E-state index in [2.05, 4.69) is 15.9 Å². The van der Waals surface area contributed by atoms with Crippen LogP contribution in [0.1, 0.15) is 27.2 Å². The summed E-state index contributed by atoms with van der Waals surface area (Å²) in [7, 11) is 0. The summed E-state index contributed by atoms with van der Waals surface area (Å²) in [4.78, 5) is 24.8. The van der Waals surface area contributed by atoms with Gasteiger partial charge in [0.05, 0.1) is 4.83 Å². The summed E-state index contributed by atoms with van der Waals surface area (Å²) in [5, 5.41) is 0. The monoisotopic (exact) mass is 276 g/mol. The third-order valence-corrected chi connectivity index (χ3v) is 4.17. The number of amides is 2. The number of alkyl halides is 1. The van der Waals surface area contributed by atoms with E-state index in [4.69, 9.17) is 5.73 Å². The summed E-state index contributed by atoms with van der Waals surface area (Å²) in [5.74, 6) is -0.464. The second-order valence-electron chi connectivity index (χ2n) is 4.41. The minimum Gasteiger partial charge on any atom is -0.368 e. The molecular weight excluding hydrogens is 260 g/mol. The van der Waals surface area contributed by atoms with Crippen LogP contribution >= 0.6 is 15.9 Å². The molecule has 0 radical (unpaired) electrons. The molecule has 2 unspecified atom stereocenters. The van der Waals surface area contributed by atoms with Crippen molar-refractivity contribution >= 4 is 27.7 Å². The molecule has 1 saturated heterocycles. The Labute approximate surface area is 98.3 Å². The van der Waals surface area contributed by atoms with Crippen molar-refractivity contribution in [3.63, 3.8) is 0 Å². The van der Waals surface area contributed by atoms with Crippen LogP contribution in [0.4, 0.5) is 0 Å². The smallest absolute Gasteiger partial charge is 0.243 e. The zero-order valence-corrected chi connectivity index (χ0v) is 10.9. The van der Waals surface area contributed by atoms with Crippen molar-refractivity contribution < 1.29 is 9.59 Å². The average Bonchev–Trinajstić information content (AvgIpc) is 2.46. The number of nitrogens with two attached hydrogens (primary N) is 1. The first-order valence-electron chi connectivity index (χ1n) is 5.07. The number of rotatable bonds is 3. The molecule has 0 spiro atoms. The fourth-order valence-electron chi connectivity index (χ4n) is 1.84. The third kappa shape index (κ3) is 1.89. The predicted octanol–water partition coefficient (Wildman–Crippen LogP) is 0.882. The van der Waals surface area contributed by atoms with Gasteiger partial charge in [-0.2, -0.15) is 0 Å². The highest BCUT2D eigenvalue weighted by Crippen LogP contribution is 2.31. The normalized spacial score (nSPS) is 25.8. The first-order chi connectivity index (χ1) is 6.81. The number of nitrogens with zero attached hydrogens (tertiary/aromatic N) is 1. The summed E-state index contributed by atoms with van der Waals surface area (Å²) in [5.41, 5.74) is 4.54. The Morgan fingerprint density at radius 1 is 1.67 bits per heavy atom. The molecule has 0 bridgehead atoms. The van der Waals surface area contributed by atoms with Gasteiger partial charge in [0.2, 0.25) is 11.8 Å². The average molecular weight is 277 g/mol. The van der Waals surface area contributed by atoms with Gasteiger partial charge in [-0.25, -0.2) is 0 Å². The number of halogens is 1. The van der Waals surface area contributed by atoms with Crippen LogP contribution in [-0.4, -0.2) is 33.6 Å². The maximum Gasteiger partial charge on any atom is 0.243 e. The molecule has 0 aliphatic carbocycles. The van der Waals surface area contributed by atoms with Crippen LogP contribution in [0.15, 0.2) is 0 Å². The Morgan fingerprint density at radius 2 is 2.20 bits per heavy atom. The first-order valence-corrected chi connectivity index (χ1v) is 5.98. The molecule has 1 fully saturated rings. The van der Waals surface area contributed by atoms with Crippen molar-refractivity contribution in [2.24, 2.45) is 11.7 Å². The standard InChI is InChI=1S/C10H17BrN2O2/c1-6(2)10(3,9(12)15)13-5-4-7(11)8(13)14/h6-7H,4-5H2,1-3H3,(H2,12,15). The van der Waals surface area contributed by atoms with Crippen LogP contribution in [0.5, 0.6) is 0 Å². The third-order valence-electron chi connectivity index (χ3n) is 3.32. The van der Waals surface area contributed by atoms with Gasteiger partial charge in [0.1, 0.15) is 5.54 Å². The molecule has 2 N–H and O–H groups in total. The quantitative estimate of drug-likeness (QED) is 0.778. The summed E-state index contributed by atoms with van der Waals surface area (Å²) < 4.78 is 0. The van der Waals surface area contributed by atoms with Crippen LogP contribution in [-0.2, 0) is 9.59 Å². The molecule has 15 heavy (non-hydrogen) atoms. The van der Waals surface area contributed by atoms with E-state index in [1.165, 1.54) is 0 Å². The van der Waals surface area contributed by atoms with E-state index >= 15 is 0 Å². The lowest BCUT2D eigenvalue weighted by molar-refractivity contribution is -0.144. The maximum atomic E-state index is 11.8. The van der Waals surface area contributed by atoms with Crippen molar-refractivity contribution in [3.8, 4) is 0 Å². The van der Waals surface area contributed by atoms with Gasteiger partial charge >= 0.3 is 0 Å². The molecule has 2 atom stereocenters. The number of hydrogen-bond donors (Lipinski definition) is 1. The van der Waals surface area contributed by atoms with Crippen LogP contribution < -0.4 is 5.73 Å². The van der Waals surface area contributed by atoms with Crippen molar-refractivity contribution in [1.82, 2.24) is 4.90 Å². The van der Waals surface area contributed by atoms with Crippen molar-refractivity contribution in [2.45, 2.75) is 37.6 Å². The van der Waals surface area contributed by atoms with Crippen molar-refractivity contribution in [1.29, 1.82) is 0 Å². The summed E-state index contributed by atoms with van der Waals surface area (Å²) in [6, 6.07) is 0. The van der Waals surface area contributed by atoms with E-state index in [-0.39, 0.29) is 16.7 Å². The highest BCUT2D eigenvalue weighted by molar-refractivity contribution is 9.10. The molecule has 0 aromatic carbocycles. The van der Waals surface area contributed by atoms with Crippen LogP contribution in [0.25, 0.3) is 0 Å². The minimum absolute atomic E-state index is 0.0109. The second kappa shape index (κ2) is 4.12. The van der Waals surface area contributed by atoms with Gasteiger partial charge in [-0.1, -0.05) is 29.8 Å². The number of carbonyl (C=O) groups is 2. The molecular formula is C10H17BrN2O2. The van der Waals surface area contributed by atoms with Gasteiger partial charge in [0.25, 0.3) is 0 Å². The lowest BCUT2D eigenvalue weighted by atomic mass is 9.86. The van der Waals surface area contributed by atoms with Crippen molar-refractivity contribution in [3.05, 3.63) is 0 Å². The Hall–Kier alpha value is -0.580. The second-order valence-corrected chi connectivity index (χ2v) is 5.52. The predicted molar refractivity (Wildman–Crippen MR) is 61.5 cm³/mol. The number of primary amides is 1. The van der Waals surface area contributed by atoms with E-state index in [1.54, 1.807) is 11.8 Å². The van der Waals surface area contributed by atoms with Crippen molar-refractivity contribution in [2.75, 3.05) is 6.54 Å². The topological polar surface area (TPSA) is 63.4 Å². The molecule has 2 amide bonds. The van der Waals surface area contributed by atoms with E-state index in [9.17, 15) is 9.59 Å². The molecule has 0 aromatic heterocycles. The van der Waals surface area contributed by atoms with E-state index in [0.29, 0.717) is 6.54 Å². The molecule has 5 heteroatoms. The fraction of sp³-hybridized carbons (Fsp3) is 0.800. The highest BCUT2D eigenvalue weighted by atomic mass is 79.9. The van der Waals surface area contributed by atoms with Crippen LogP contribution in [0.3, 0.4) is 0 Å². The largest absolute Gasteiger partial charge is 0.368 e. The molecule has 1 rings (SSSR count). The van der Waals surface area contributed by atoms with E-state index < -0.39 is 11.4 Å². The van der Waals surface area contributed by atoms with Gasteiger partial charge in [0, 0.05) is 6.54 Å². The van der Waals surface area contributed by atoms with Crippen LogP contribution in [0.2, 0.25) is 0 Å². The Balaban J connectivity index is 3.02. The molecule has 1 heterocycles. The van der Waals surface area contributed by atoms with Crippen LogP contribution in [0, 0.1) is 5.92 Å². The van der Waals surface area contributed by atoms with Gasteiger partial charge in [-0.15, -0.1) is 0 Å². The lowest BCUT2D eigenvalue weighted by Crippen LogP contribution is -2.59. The molecule has 0 aromatic rings. The lowest BCUT2D eigenvalue weighted by Gasteiger charge is -2.39. The molecule has 0 saturated carbocycles. The van der Waals surface area contributed by atoms with Gasteiger partial charge in [0.15, 0.2) is 0 Å². The SMILES string of the molecule is CC(C)C(C)(C(N)=O)N1CCC(Br)C1=O. The number of hydrogen-bond acceptors (Lipinski definition) is 2. The van der Waals surface area contributed by atoms with Gasteiger partial charge < -0.3 is 10.6 Å². The Kier molecular flexibility index (Phi) is 3.43. The summed E-state index contributed by atoms with van der Waals surface area (Å²) in [6.07, 6.45) is 0.731. The Morgan fingerprint density at radius 3 is 2.47 bits per heavy atom. The number of likely N-dealkylation sites (tertiary alicyclic amines) is 1. The Bertz CT molecular complexity index is 293.